The Morgan fingerprint density at radius 1 is 1.31 bits per heavy atom. The van der Waals surface area contributed by atoms with Crippen LogP contribution in [0.15, 0.2) is 23.8 Å². The highest BCUT2D eigenvalue weighted by atomic mass is 32.2. The number of rotatable bonds is 3. The molecular formula is C12H20S. The van der Waals surface area contributed by atoms with Gasteiger partial charge in [-0.3, -0.25) is 0 Å². The smallest absolute Gasteiger partial charge is 0.0183 e. The van der Waals surface area contributed by atoms with E-state index < -0.39 is 0 Å². The Kier molecular flexibility index (Phi) is 4.11. The van der Waals surface area contributed by atoms with Crippen molar-refractivity contribution in [1.29, 1.82) is 0 Å². The zero-order valence-electron chi connectivity index (χ0n) is 9.08. The number of allylic oxidation sites excluding steroid dienone is 3. The van der Waals surface area contributed by atoms with Crippen LogP contribution in [0.3, 0.4) is 0 Å². The lowest BCUT2D eigenvalue weighted by Gasteiger charge is -2.19. The quantitative estimate of drug-likeness (QED) is 0.660. The van der Waals surface area contributed by atoms with Gasteiger partial charge in [0.2, 0.25) is 0 Å². The molecule has 13 heavy (non-hydrogen) atoms. The highest BCUT2D eigenvalue weighted by Gasteiger charge is 2.11. The normalized spacial score (nSPS) is 27.9. The summed E-state index contributed by atoms with van der Waals surface area (Å²) < 4.78 is 0. The molecule has 0 amide bonds. The highest BCUT2D eigenvalue weighted by Crippen LogP contribution is 2.25. The van der Waals surface area contributed by atoms with Crippen molar-refractivity contribution in [3.8, 4) is 0 Å². The van der Waals surface area contributed by atoms with Crippen molar-refractivity contribution in [2.24, 2.45) is 11.8 Å². The van der Waals surface area contributed by atoms with Crippen molar-refractivity contribution in [2.45, 2.75) is 32.9 Å². The first-order chi connectivity index (χ1) is 6.09. The van der Waals surface area contributed by atoms with Crippen molar-refractivity contribution in [1.82, 2.24) is 0 Å². The molecule has 74 valence electrons. The maximum Gasteiger partial charge on any atom is 0.0183 e. The Balaban J connectivity index is 2.44. The predicted octanol–water partition coefficient (Wildman–Crippen LogP) is 3.90. The molecule has 1 heteroatoms. The van der Waals surface area contributed by atoms with Crippen LogP contribution in [0.5, 0.6) is 0 Å². The zero-order valence-corrected chi connectivity index (χ0v) is 9.90. The molecule has 0 N–H and O–H groups in total. The van der Waals surface area contributed by atoms with E-state index in [9.17, 15) is 0 Å². The molecule has 0 saturated carbocycles. The van der Waals surface area contributed by atoms with Crippen molar-refractivity contribution in [2.75, 3.05) is 5.75 Å². The van der Waals surface area contributed by atoms with Crippen LogP contribution in [0, 0.1) is 11.8 Å². The van der Waals surface area contributed by atoms with Crippen LogP contribution in [0.1, 0.15) is 27.7 Å². The summed E-state index contributed by atoms with van der Waals surface area (Å²) in [4.78, 5) is 0. The van der Waals surface area contributed by atoms with E-state index in [4.69, 9.17) is 0 Å². The molecule has 2 atom stereocenters. The average Bonchev–Trinajstić information content (AvgIpc) is 2.07. The van der Waals surface area contributed by atoms with Gasteiger partial charge in [0.15, 0.2) is 0 Å². The molecule has 0 bridgehead atoms. The lowest BCUT2D eigenvalue weighted by Crippen LogP contribution is -2.08. The monoisotopic (exact) mass is 196 g/mol. The van der Waals surface area contributed by atoms with E-state index in [-0.39, 0.29) is 0 Å². The fourth-order valence-electron chi connectivity index (χ4n) is 1.35. The van der Waals surface area contributed by atoms with Gasteiger partial charge in [-0.25, -0.2) is 0 Å². The molecule has 0 spiro atoms. The molecule has 1 aliphatic rings. The molecule has 0 radical (unpaired) electrons. The molecule has 1 rings (SSSR count). The van der Waals surface area contributed by atoms with Gasteiger partial charge in [0.05, 0.1) is 0 Å². The van der Waals surface area contributed by atoms with Gasteiger partial charge in [0, 0.05) is 5.75 Å². The Hall–Kier alpha value is -0.170. The van der Waals surface area contributed by atoms with Crippen molar-refractivity contribution >= 4 is 11.8 Å². The maximum atomic E-state index is 2.42. The zero-order chi connectivity index (χ0) is 9.84. The van der Waals surface area contributed by atoms with E-state index in [1.807, 2.05) is 11.8 Å². The Morgan fingerprint density at radius 2 is 2.00 bits per heavy atom. The number of thioether (sulfide) groups is 1. The molecule has 2 unspecified atom stereocenters. The van der Waals surface area contributed by atoms with Gasteiger partial charge in [0.1, 0.15) is 0 Å². The van der Waals surface area contributed by atoms with Gasteiger partial charge in [-0.15, -0.1) is 0 Å². The van der Waals surface area contributed by atoms with Crippen LogP contribution in [0.25, 0.3) is 0 Å². The third-order valence-electron chi connectivity index (χ3n) is 2.50. The van der Waals surface area contributed by atoms with E-state index >= 15 is 0 Å². The van der Waals surface area contributed by atoms with Crippen LogP contribution >= 0.6 is 11.8 Å². The van der Waals surface area contributed by atoms with Gasteiger partial charge < -0.3 is 0 Å². The topological polar surface area (TPSA) is 0 Å². The molecule has 0 aromatic rings. The van der Waals surface area contributed by atoms with E-state index in [0.29, 0.717) is 11.8 Å². The summed E-state index contributed by atoms with van der Waals surface area (Å²) in [6.07, 6.45) is 7.04. The maximum absolute atomic E-state index is 2.42. The molecular weight excluding hydrogens is 176 g/mol. The predicted molar refractivity (Wildman–Crippen MR) is 63.1 cm³/mol. The highest BCUT2D eigenvalue weighted by molar-refractivity contribution is 8.00. The van der Waals surface area contributed by atoms with Crippen molar-refractivity contribution in [3.63, 3.8) is 0 Å². The minimum Gasteiger partial charge on any atom is -0.154 e. The fourth-order valence-corrected chi connectivity index (χ4v) is 2.07. The summed E-state index contributed by atoms with van der Waals surface area (Å²) in [5.41, 5.74) is 1.50. The SMILES string of the molecule is CC(C)SCC1=CC(C)C(C)C=C1. The summed E-state index contributed by atoms with van der Waals surface area (Å²) in [6, 6.07) is 0. The minimum absolute atomic E-state index is 0.716. The molecule has 0 aliphatic heterocycles. The lowest BCUT2D eigenvalue weighted by atomic mass is 9.89. The largest absolute Gasteiger partial charge is 0.154 e. The molecule has 0 aromatic heterocycles. The van der Waals surface area contributed by atoms with Gasteiger partial charge >= 0.3 is 0 Å². The van der Waals surface area contributed by atoms with Gasteiger partial charge in [-0.05, 0) is 22.7 Å². The second-order valence-corrected chi connectivity index (χ2v) is 5.74. The van der Waals surface area contributed by atoms with Crippen LogP contribution in [-0.2, 0) is 0 Å². The van der Waals surface area contributed by atoms with E-state index in [0.717, 1.165) is 5.25 Å². The van der Waals surface area contributed by atoms with Crippen LogP contribution in [-0.4, -0.2) is 11.0 Å². The molecule has 0 fully saturated rings. The van der Waals surface area contributed by atoms with E-state index in [1.165, 1.54) is 11.3 Å². The first-order valence-electron chi connectivity index (χ1n) is 5.10. The molecule has 1 aliphatic carbocycles. The molecule has 0 nitrogen and oxygen atoms in total. The van der Waals surface area contributed by atoms with E-state index in [1.54, 1.807) is 0 Å². The standard InChI is InChI=1S/C12H20S/c1-9(2)13-8-12-6-5-10(3)11(4)7-12/h5-7,9-11H,8H2,1-4H3. The Bertz CT molecular complexity index is 213. The summed E-state index contributed by atoms with van der Waals surface area (Å²) in [6.45, 7) is 9.09. The first kappa shape index (κ1) is 10.9. The molecule has 0 aromatic carbocycles. The van der Waals surface area contributed by atoms with Crippen LogP contribution in [0.2, 0.25) is 0 Å². The second-order valence-electron chi connectivity index (χ2n) is 4.18. The fraction of sp³-hybridized carbons (Fsp3) is 0.667. The van der Waals surface area contributed by atoms with Crippen LogP contribution < -0.4 is 0 Å². The summed E-state index contributed by atoms with van der Waals surface area (Å²) in [5, 5.41) is 0.740. The third-order valence-corrected chi connectivity index (χ3v) is 3.67. The average molecular weight is 196 g/mol. The number of hydrogen-bond acceptors (Lipinski definition) is 1. The lowest BCUT2D eigenvalue weighted by molar-refractivity contribution is 0.548. The summed E-state index contributed by atoms with van der Waals surface area (Å²) >= 11 is 2.02. The van der Waals surface area contributed by atoms with Crippen molar-refractivity contribution in [3.05, 3.63) is 23.8 Å². The Labute approximate surface area is 86.5 Å². The molecule has 0 saturated heterocycles. The van der Waals surface area contributed by atoms with E-state index in [2.05, 4.69) is 45.9 Å². The second kappa shape index (κ2) is 4.90. The summed E-state index contributed by atoms with van der Waals surface area (Å²) in [5.74, 6) is 2.60. The Morgan fingerprint density at radius 3 is 2.54 bits per heavy atom. The molecule has 0 heterocycles. The minimum atomic E-state index is 0.716. The van der Waals surface area contributed by atoms with Gasteiger partial charge in [0.25, 0.3) is 0 Å². The third kappa shape index (κ3) is 3.60. The van der Waals surface area contributed by atoms with Crippen molar-refractivity contribution < 1.29 is 0 Å². The van der Waals surface area contributed by atoms with Crippen LogP contribution in [0.4, 0.5) is 0 Å². The van der Waals surface area contributed by atoms with Gasteiger partial charge in [-0.2, -0.15) is 11.8 Å². The summed E-state index contributed by atoms with van der Waals surface area (Å²) in [7, 11) is 0. The van der Waals surface area contributed by atoms with Gasteiger partial charge in [-0.1, -0.05) is 45.9 Å². The first-order valence-corrected chi connectivity index (χ1v) is 6.15. The number of hydrogen-bond donors (Lipinski definition) is 0.